The van der Waals surface area contributed by atoms with E-state index in [2.05, 4.69) is 5.32 Å². The van der Waals surface area contributed by atoms with Gasteiger partial charge in [0, 0.05) is 19.2 Å². The van der Waals surface area contributed by atoms with Gasteiger partial charge in [-0.2, -0.15) is 0 Å². The molecule has 86 valence electrons. The molecule has 0 aromatic carbocycles. The molecule has 0 spiro atoms. The summed E-state index contributed by atoms with van der Waals surface area (Å²) in [6.07, 6.45) is 3.80. The zero-order valence-electron chi connectivity index (χ0n) is 9.32. The number of hydrogen-bond acceptors (Lipinski definition) is 4. The van der Waals surface area contributed by atoms with Crippen LogP contribution in [0.15, 0.2) is 23.0 Å². The maximum Gasteiger partial charge on any atom is 0.0963 e. The van der Waals surface area contributed by atoms with Crippen molar-refractivity contribution in [1.29, 1.82) is 0 Å². The average Bonchev–Trinajstić information content (AvgIpc) is 2.70. The number of furan rings is 1. The fraction of sp³-hybridized carbons (Fsp3) is 0.636. The van der Waals surface area contributed by atoms with Gasteiger partial charge in [0.25, 0.3) is 0 Å². The summed E-state index contributed by atoms with van der Waals surface area (Å²) < 4.78 is 9.85. The molecule has 2 N–H and O–H groups in total. The minimum atomic E-state index is -0.826. The van der Waals surface area contributed by atoms with Gasteiger partial charge in [0.1, 0.15) is 0 Å². The van der Waals surface area contributed by atoms with E-state index in [0.717, 1.165) is 18.7 Å². The molecule has 0 aliphatic heterocycles. The van der Waals surface area contributed by atoms with E-state index < -0.39 is 5.60 Å². The standard InChI is InChI=1S/C11H19NO3/c1-11(13,10-3-7-15-9-10)4-5-12-6-8-14-2/h3,7,9,12-13H,4-6,8H2,1-2H3. The van der Waals surface area contributed by atoms with Gasteiger partial charge < -0.3 is 19.6 Å². The maximum absolute atomic E-state index is 10.1. The highest BCUT2D eigenvalue weighted by Crippen LogP contribution is 2.23. The van der Waals surface area contributed by atoms with Gasteiger partial charge in [0.05, 0.1) is 24.7 Å². The molecule has 1 unspecified atom stereocenters. The molecule has 0 saturated heterocycles. The van der Waals surface area contributed by atoms with Gasteiger partial charge >= 0.3 is 0 Å². The summed E-state index contributed by atoms with van der Waals surface area (Å²) in [4.78, 5) is 0. The lowest BCUT2D eigenvalue weighted by Crippen LogP contribution is -2.29. The zero-order valence-corrected chi connectivity index (χ0v) is 9.32. The third-order valence-corrected chi connectivity index (χ3v) is 2.41. The number of aliphatic hydroxyl groups is 1. The van der Waals surface area contributed by atoms with Crippen LogP contribution < -0.4 is 5.32 Å². The van der Waals surface area contributed by atoms with Crippen molar-refractivity contribution in [3.63, 3.8) is 0 Å². The smallest absolute Gasteiger partial charge is 0.0963 e. The van der Waals surface area contributed by atoms with Crippen LogP contribution in [0.2, 0.25) is 0 Å². The van der Waals surface area contributed by atoms with E-state index in [1.54, 1.807) is 32.6 Å². The summed E-state index contributed by atoms with van der Waals surface area (Å²) in [7, 11) is 1.67. The van der Waals surface area contributed by atoms with Crippen LogP contribution in [0.25, 0.3) is 0 Å². The van der Waals surface area contributed by atoms with Crippen LogP contribution in [0.3, 0.4) is 0 Å². The maximum atomic E-state index is 10.1. The first-order valence-corrected chi connectivity index (χ1v) is 5.11. The van der Waals surface area contributed by atoms with E-state index in [0.29, 0.717) is 13.0 Å². The molecular weight excluding hydrogens is 194 g/mol. The van der Waals surface area contributed by atoms with Crippen molar-refractivity contribution in [2.75, 3.05) is 26.8 Å². The lowest BCUT2D eigenvalue weighted by Gasteiger charge is -2.21. The number of hydrogen-bond donors (Lipinski definition) is 2. The summed E-state index contributed by atoms with van der Waals surface area (Å²) >= 11 is 0. The van der Waals surface area contributed by atoms with E-state index >= 15 is 0 Å². The molecule has 15 heavy (non-hydrogen) atoms. The molecule has 1 heterocycles. The molecule has 0 saturated carbocycles. The monoisotopic (exact) mass is 213 g/mol. The van der Waals surface area contributed by atoms with Crippen LogP contribution in [-0.4, -0.2) is 31.9 Å². The van der Waals surface area contributed by atoms with Crippen LogP contribution in [0.4, 0.5) is 0 Å². The van der Waals surface area contributed by atoms with Gasteiger partial charge in [-0.1, -0.05) is 0 Å². The Balaban J connectivity index is 2.25. The van der Waals surface area contributed by atoms with Crippen molar-refractivity contribution in [3.05, 3.63) is 24.2 Å². The molecule has 1 atom stereocenters. The van der Waals surface area contributed by atoms with E-state index in [1.807, 2.05) is 0 Å². The van der Waals surface area contributed by atoms with Gasteiger partial charge in [0.15, 0.2) is 0 Å². The van der Waals surface area contributed by atoms with Crippen molar-refractivity contribution >= 4 is 0 Å². The second-order valence-corrected chi connectivity index (χ2v) is 3.78. The minimum Gasteiger partial charge on any atom is -0.472 e. The molecule has 1 aromatic heterocycles. The molecule has 1 rings (SSSR count). The number of rotatable bonds is 7. The fourth-order valence-electron chi connectivity index (χ4n) is 1.35. The van der Waals surface area contributed by atoms with Crippen molar-refractivity contribution in [3.8, 4) is 0 Å². The third kappa shape index (κ3) is 4.03. The Bertz CT molecular complexity index is 257. The van der Waals surface area contributed by atoms with E-state index in [1.165, 1.54) is 0 Å². The molecule has 0 bridgehead atoms. The Morgan fingerprint density at radius 3 is 2.93 bits per heavy atom. The summed E-state index contributed by atoms with van der Waals surface area (Å²) in [5.41, 5.74) is -0.0105. The van der Waals surface area contributed by atoms with Crippen LogP contribution >= 0.6 is 0 Å². The molecule has 0 aliphatic carbocycles. The van der Waals surface area contributed by atoms with E-state index in [-0.39, 0.29) is 0 Å². The van der Waals surface area contributed by atoms with Crippen LogP contribution in [-0.2, 0) is 10.3 Å². The molecule has 0 radical (unpaired) electrons. The normalized spacial score (nSPS) is 15.1. The summed E-state index contributed by atoms with van der Waals surface area (Å²) in [5.74, 6) is 0. The number of methoxy groups -OCH3 is 1. The number of ether oxygens (including phenoxy) is 1. The second-order valence-electron chi connectivity index (χ2n) is 3.78. The lowest BCUT2D eigenvalue weighted by molar-refractivity contribution is 0.0469. The summed E-state index contributed by atoms with van der Waals surface area (Å²) in [5, 5.41) is 13.3. The van der Waals surface area contributed by atoms with Crippen molar-refractivity contribution in [2.45, 2.75) is 18.9 Å². The Morgan fingerprint density at radius 1 is 1.53 bits per heavy atom. The molecule has 0 amide bonds. The van der Waals surface area contributed by atoms with Crippen molar-refractivity contribution in [1.82, 2.24) is 5.32 Å². The van der Waals surface area contributed by atoms with Crippen LogP contribution in [0, 0.1) is 0 Å². The van der Waals surface area contributed by atoms with Gasteiger partial charge in [0.2, 0.25) is 0 Å². The second kappa shape index (κ2) is 5.90. The molecule has 0 fully saturated rings. The van der Waals surface area contributed by atoms with Crippen molar-refractivity contribution in [2.24, 2.45) is 0 Å². The highest BCUT2D eigenvalue weighted by Gasteiger charge is 2.23. The summed E-state index contributed by atoms with van der Waals surface area (Å²) in [6.45, 7) is 4.03. The quantitative estimate of drug-likeness (QED) is 0.666. The van der Waals surface area contributed by atoms with Gasteiger partial charge in [-0.25, -0.2) is 0 Å². The number of nitrogens with one attached hydrogen (secondary N) is 1. The highest BCUT2D eigenvalue weighted by molar-refractivity contribution is 5.14. The SMILES string of the molecule is COCCNCCC(C)(O)c1ccoc1. The predicted octanol–water partition coefficient (Wildman–Crippen LogP) is 1.11. The molecule has 0 aliphatic rings. The first kappa shape index (κ1) is 12.2. The average molecular weight is 213 g/mol. The van der Waals surface area contributed by atoms with Crippen molar-refractivity contribution < 1.29 is 14.3 Å². The first-order chi connectivity index (χ1) is 7.17. The summed E-state index contributed by atoms with van der Waals surface area (Å²) in [6, 6.07) is 1.79. The minimum absolute atomic E-state index is 0.649. The van der Waals surface area contributed by atoms with Gasteiger partial charge in [-0.3, -0.25) is 0 Å². The Kier molecular flexibility index (Phi) is 4.81. The van der Waals surface area contributed by atoms with E-state index in [9.17, 15) is 5.11 Å². The largest absolute Gasteiger partial charge is 0.472 e. The first-order valence-electron chi connectivity index (χ1n) is 5.11. The Morgan fingerprint density at radius 2 is 2.33 bits per heavy atom. The van der Waals surface area contributed by atoms with Crippen LogP contribution in [0.5, 0.6) is 0 Å². The fourth-order valence-corrected chi connectivity index (χ4v) is 1.35. The lowest BCUT2D eigenvalue weighted by atomic mass is 9.95. The molecular formula is C11H19NO3. The van der Waals surface area contributed by atoms with E-state index in [4.69, 9.17) is 9.15 Å². The molecule has 1 aromatic rings. The zero-order chi connectivity index (χ0) is 11.1. The van der Waals surface area contributed by atoms with Gasteiger partial charge in [-0.15, -0.1) is 0 Å². The third-order valence-electron chi connectivity index (χ3n) is 2.41. The Hall–Kier alpha value is -0.840. The Labute approximate surface area is 90.2 Å². The van der Waals surface area contributed by atoms with Gasteiger partial charge in [-0.05, 0) is 26.0 Å². The van der Waals surface area contributed by atoms with Crippen LogP contribution in [0.1, 0.15) is 18.9 Å². The predicted molar refractivity (Wildman–Crippen MR) is 57.6 cm³/mol. The highest BCUT2D eigenvalue weighted by atomic mass is 16.5. The molecule has 4 nitrogen and oxygen atoms in total. The molecule has 4 heteroatoms. The topological polar surface area (TPSA) is 54.6 Å².